The fourth-order valence-electron chi connectivity index (χ4n) is 5.26. The second-order valence-electron chi connectivity index (χ2n) is 9.56. The van der Waals surface area contributed by atoms with Crippen molar-refractivity contribution in [2.24, 2.45) is 0 Å². The van der Waals surface area contributed by atoms with Gasteiger partial charge in [0.15, 0.2) is 5.58 Å². The Labute approximate surface area is 198 Å². The van der Waals surface area contributed by atoms with E-state index in [1.807, 2.05) is 41.8 Å². The van der Waals surface area contributed by atoms with Crippen LogP contribution >= 0.6 is 11.6 Å². The number of furan rings is 1. The first-order valence-electron chi connectivity index (χ1n) is 11.9. The van der Waals surface area contributed by atoms with Crippen LogP contribution in [0.2, 0.25) is 5.02 Å². The van der Waals surface area contributed by atoms with Crippen molar-refractivity contribution < 1.29 is 14.0 Å². The summed E-state index contributed by atoms with van der Waals surface area (Å²) in [5, 5.41) is 3.90. The lowest BCUT2D eigenvalue weighted by molar-refractivity contribution is -0.134. The van der Waals surface area contributed by atoms with Crippen molar-refractivity contribution in [2.45, 2.75) is 76.5 Å². The zero-order valence-electron chi connectivity index (χ0n) is 19.0. The van der Waals surface area contributed by atoms with Crippen molar-refractivity contribution in [3.05, 3.63) is 58.9 Å². The third-order valence-corrected chi connectivity index (χ3v) is 7.63. The molecule has 3 aromatic rings. The van der Waals surface area contributed by atoms with Crippen LogP contribution < -0.4 is 5.32 Å². The number of amides is 2. The monoisotopic (exact) mass is 467 g/mol. The minimum Gasteiger partial charge on any atom is -0.463 e. The Hall–Kier alpha value is -2.73. The van der Waals surface area contributed by atoms with E-state index in [-0.39, 0.29) is 24.4 Å². The first-order valence-corrected chi connectivity index (χ1v) is 12.3. The zero-order chi connectivity index (χ0) is 23.0. The number of rotatable bonds is 4. The summed E-state index contributed by atoms with van der Waals surface area (Å²) in [6.07, 6.45) is 9.54. The molecule has 0 spiro atoms. The summed E-state index contributed by atoms with van der Waals surface area (Å²) >= 11 is 6.44. The molecule has 2 aromatic heterocycles. The van der Waals surface area contributed by atoms with E-state index in [2.05, 4.69) is 5.32 Å². The molecule has 3 heterocycles. The molecule has 1 aromatic carbocycles. The second kappa shape index (κ2) is 8.90. The molecule has 0 bridgehead atoms. The summed E-state index contributed by atoms with van der Waals surface area (Å²) in [6.45, 7) is 2.49. The van der Waals surface area contributed by atoms with Gasteiger partial charge in [-0.15, -0.1) is 0 Å². The molecular formula is C26H30ClN3O3. The van der Waals surface area contributed by atoms with Crippen molar-refractivity contribution in [1.29, 1.82) is 0 Å². The highest BCUT2D eigenvalue weighted by atomic mass is 35.5. The highest BCUT2D eigenvalue weighted by molar-refractivity contribution is 6.31. The van der Waals surface area contributed by atoms with E-state index in [0.717, 1.165) is 36.8 Å². The van der Waals surface area contributed by atoms with E-state index in [1.165, 1.54) is 19.3 Å². The van der Waals surface area contributed by atoms with Gasteiger partial charge < -0.3 is 19.2 Å². The first kappa shape index (κ1) is 22.1. The van der Waals surface area contributed by atoms with Crippen molar-refractivity contribution in [1.82, 2.24) is 14.8 Å². The molecule has 0 saturated heterocycles. The lowest BCUT2D eigenvalue weighted by Gasteiger charge is -2.44. The molecule has 2 aliphatic rings. The number of nitrogens with zero attached hydrogens (tertiary/aromatic N) is 2. The molecule has 7 heteroatoms. The predicted octanol–water partition coefficient (Wildman–Crippen LogP) is 5.53. The Balaban J connectivity index is 1.50. The molecule has 6 nitrogen and oxygen atoms in total. The van der Waals surface area contributed by atoms with Gasteiger partial charge in [0.2, 0.25) is 5.91 Å². The quantitative estimate of drug-likeness (QED) is 0.548. The Bertz CT molecular complexity index is 1170. The summed E-state index contributed by atoms with van der Waals surface area (Å²) in [5.41, 5.74) is 1.78. The lowest BCUT2D eigenvalue weighted by atomic mass is 9.91. The van der Waals surface area contributed by atoms with Crippen LogP contribution in [0.5, 0.6) is 0 Å². The zero-order valence-corrected chi connectivity index (χ0v) is 19.7. The van der Waals surface area contributed by atoms with Crippen LogP contribution in [0.25, 0.3) is 11.1 Å². The highest BCUT2D eigenvalue weighted by Crippen LogP contribution is 2.35. The maximum absolute atomic E-state index is 13.8. The van der Waals surface area contributed by atoms with Crippen LogP contribution in [0.3, 0.4) is 0 Å². The molecule has 1 fully saturated rings. The van der Waals surface area contributed by atoms with Crippen molar-refractivity contribution in [3.63, 3.8) is 0 Å². The molecule has 2 amide bonds. The molecule has 1 saturated carbocycles. The van der Waals surface area contributed by atoms with Gasteiger partial charge in [-0.05, 0) is 31.4 Å². The number of carbonyl (C=O) groups is 2. The van der Waals surface area contributed by atoms with Gasteiger partial charge in [-0.3, -0.25) is 9.59 Å². The Morgan fingerprint density at radius 2 is 1.88 bits per heavy atom. The normalized spacial score (nSPS) is 22.1. The van der Waals surface area contributed by atoms with E-state index in [1.54, 1.807) is 17.2 Å². The molecule has 1 aliphatic carbocycles. The molecule has 5 rings (SSSR count). The third-order valence-electron chi connectivity index (χ3n) is 7.26. The van der Waals surface area contributed by atoms with Crippen LogP contribution in [0.1, 0.15) is 67.9 Å². The summed E-state index contributed by atoms with van der Waals surface area (Å²) < 4.78 is 7.47. The number of carbonyl (C=O) groups excluding carboxylic acids is 2. The lowest BCUT2D eigenvalue weighted by Crippen LogP contribution is -2.64. The summed E-state index contributed by atoms with van der Waals surface area (Å²) in [4.78, 5) is 29.3. The van der Waals surface area contributed by atoms with Crippen LogP contribution in [-0.2, 0) is 17.9 Å². The number of nitrogens with one attached hydrogen (secondary N) is 1. The molecule has 0 unspecified atom stereocenters. The van der Waals surface area contributed by atoms with Gasteiger partial charge in [-0.1, -0.05) is 61.9 Å². The van der Waals surface area contributed by atoms with Gasteiger partial charge in [-0.2, -0.15) is 0 Å². The van der Waals surface area contributed by atoms with Gasteiger partial charge in [0.1, 0.15) is 11.2 Å². The fraction of sp³-hybridized carbons (Fsp3) is 0.462. The number of hydrogen-bond donors (Lipinski definition) is 1. The van der Waals surface area contributed by atoms with Crippen LogP contribution in [-0.4, -0.2) is 32.9 Å². The van der Waals surface area contributed by atoms with Crippen molar-refractivity contribution in [2.75, 3.05) is 0 Å². The number of benzene rings is 1. The van der Waals surface area contributed by atoms with E-state index in [4.69, 9.17) is 16.0 Å². The van der Waals surface area contributed by atoms with Gasteiger partial charge in [0, 0.05) is 29.7 Å². The minimum absolute atomic E-state index is 0.107. The van der Waals surface area contributed by atoms with Crippen LogP contribution in [0.15, 0.2) is 47.1 Å². The largest absolute Gasteiger partial charge is 0.463 e. The average Bonchev–Trinajstić information content (AvgIpc) is 3.36. The number of fused-ring (bicyclic) bond motifs is 3. The maximum atomic E-state index is 13.8. The predicted molar refractivity (Wildman–Crippen MR) is 128 cm³/mol. The van der Waals surface area contributed by atoms with E-state index in [9.17, 15) is 9.59 Å². The summed E-state index contributed by atoms with van der Waals surface area (Å²) in [5.74, 6) is -0.299. The Morgan fingerprint density at radius 1 is 1.15 bits per heavy atom. The Kier molecular flexibility index (Phi) is 5.95. The van der Waals surface area contributed by atoms with Gasteiger partial charge in [0.25, 0.3) is 5.91 Å². The molecule has 33 heavy (non-hydrogen) atoms. The number of hydrogen-bond acceptors (Lipinski definition) is 3. The van der Waals surface area contributed by atoms with Crippen LogP contribution in [0.4, 0.5) is 0 Å². The van der Waals surface area contributed by atoms with Crippen molar-refractivity contribution in [3.8, 4) is 0 Å². The molecular weight excluding hydrogens is 438 g/mol. The van der Waals surface area contributed by atoms with E-state index < -0.39 is 5.54 Å². The molecule has 1 N–H and O–H groups in total. The average molecular weight is 468 g/mol. The number of halogens is 1. The summed E-state index contributed by atoms with van der Waals surface area (Å²) in [7, 11) is 0. The molecule has 174 valence electrons. The smallest absolute Gasteiger partial charge is 0.271 e. The number of aromatic nitrogens is 1. The van der Waals surface area contributed by atoms with Gasteiger partial charge in [-0.25, -0.2) is 0 Å². The third kappa shape index (κ3) is 4.05. The molecule has 1 atom stereocenters. The van der Waals surface area contributed by atoms with E-state index >= 15 is 0 Å². The van der Waals surface area contributed by atoms with Crippen LogP contribution in [0, 0.1) is 0 Å². The second-order valence-corrected chi connectivity index (χ2v) is 9.97. The molecule has 1 aliphatic heterocycles. The first-order chi connectivity index (χ1) is 16.0. The standard InChI is InChI=1S/C26H30ClN3O3/c1-26(25(32)28-19-10-5-3-2-4-6-11-19)17-29-21-13-14-33-23(21)15-22(29)24(31)30(26)16-18-9-7-8-12-20(18)27/h7-9,12-15,19H,2-6,10-11,16-17H2,1H3,(H,28,32)/t26-/m1/s1. The van der Waals surface area contributed by atoms with Gasteiger partial charge in [0.05, 0.1) is 18.3 Å². The fourth-order valence-corrected chi connectivity index (χ4v) is 5.45. The van der Waals surface area contributed by atoms with E-state index in [0.29, 0.717) is 22.8 Å². The minimum atomic E-state index is -1.06. The SMILES string of the molecule is C[C@]1(C(=O)NC2CCCCCCC2)Cn2c(cc3occc32)C(=O)N1Cc1ccccc1Cl. The van der Waals surface area contributed by atoms with Gasteiger partial charge >= 0.3 is 0 Å². The summed E-state index contributed by atoms with van der Waals surface area (Å²) in [6, 6.07) is 11.2. The highest BCUT2D eigenvalue weighted by Gasteiger charge is 2.48. The Morgan fingerprint density at radius 3 is 2.64 bits per heavy atom. The van der Waals surface area contributed by atoms with Crippen molar-refractivity contribution >= 4 is 34.5 Å². The topological polar surface area (TPSA) is 67.5 Å². The molecule has 0 radical (unpaired) electrons. The maximum Gasteiger partial charge on any atom is 0.271 e.